The van der Waals surface area contributed by atoms with Crippen molar-refractivity contribution in [3.05, 3.63) is 53.3 Å². The third-order valence-electron chi connectivity index (χ3n) is 7.71. The highest BCUT2D eigenvalue weighted by Crippen LogP contribution is 2.60. The molecule has 1 aromatic carbocycles. The quantitative estimate of drug-likeness (QED) is 0.668. The molecule has 0 N–H and O–H groups in total. The van der Waals surface area contributed by atoms with E-state index in [2.05, 4.69) is 16.8 Å². The summed E-state index contributed by atoms with van der Waals surface area (Å²) in [7, 11) is 1.63. The van der Waals surface area contributed by atoms with Crippen LogP contribution in [0.15, 0.2) is 36.7 Å². The smallest absolute Gasteiger partial charge is 0.229 e. The first kappa shape index (κ1) is 19.6. The number of rotatable bonds is 2. The van der Waals surface area contributed by atoms with Crippen molar-refractivity contribution in [3.63, 3.8) is 0 Å². The molecule has 2 atom stereocenters. The van der Waals surface area contributed by atoms with Gasteiger partial charge in [-0.05, 0) is 50.3 Å². The van der Waals surface area contributed by atoms with Crippen molar-refractivity contribution in [2.75, 3.05) is 13.7 Å². The lowest BCUT2D eigenvalue weighted by Crippen LogP contribution is -2.41. The third-order valence-corrected chi connectivity index (χ3v) is 7.71. The fraction of sp³-hybridized carbons (Fsp3) is 0.462. The minimum Gasteiger partial charge on any atom is -0.497 e. The van der Waals surface area contributed by atoms with Crippen LogP contribution in [0, 0.1) is 17.3 Å². The molecule has 0 spiro atoms. The molecule has 2 aliphatic carbocycles. The van der Waals surface area contributed by atoms with Crippen LogP contribution in [0.25, 0.3) is 0 Å². The van der Waals surface area contributed by atoms with Gasteiger partial charge < -0.3 is 14.4 Å². The first-order valence-corrected chi connectivity index (χ1v) is 11.3. The maximum absolute atomic E-state index is 14.8. The fourth-order valence-corrected chi connectivity index (χ4v) is 6.06. The van der Waals surface area contributed by atoms with Crippen molar-refractivity contribution in [1.29, 1.82) is 0 Å². The number of nitrogens with zero attached hydrogens (tertiary/aromatic N) is 2. The summed E-state index contributed by atoms with van der Waals surface area (Å²) in [6.07, 6.45) is 6.92. The number of halogens is 1. The summed E-state index contributed by atoms with van der Waals surface area (Å²) in [5, 5.41) is 0. The highest BCUT2D eigenvalue weighted by molar-refractivity contribution is 5.85. The van der Waals surface area contributed by atoms with E-state index in [0.29, 0.717) is 38.6 Å². The molecule has 164 valence electrons. The number of aromatic nitrogens is 1. The number of hydrogen-bond acceptors (Lipinski definition) is 4. The summed E-state index contributed by atoms with van der Waals surface area (Å²) in [6, 6.07) is 7.52. The standard InChI is InChI=1S/C26H25FN2O3/c1-31-19-4-2-3-17(11-19)5-6-18-13-28-14-21-22-12-20(32-23(18)21)15-29(22)24(30)25-7-9-26(27,16-25)10-8-25/h2-4,11,13-14,20,22H,7-10,12,15-16H2,1H3/t20-,22-,25?,26?/m0/s1. The zero-order valence-electron chi connectivity index (χ0n) is 18.1. The number of ether oxygens (including phenoxy) is 2. The molecule has 3 fully saturated rings. The summed E-state index contributed by atoms with van der Waals surface area (Å²) in [6.45, 7) is 0.544. The van der Waals surface area contributed by atoms with Gasteiger partial charge in [-0.15, -0.1) is 0 Å². The van der Waals surface area contributed by atoms with E-state index in [4.69, 9.17) is 9.47 Å². The Morgan fingerprint density at radius 2 is 2.09 bits per heavy atom. The zero-order valence-corrected chi connectivity index (χ0v) is 18.1. The molecule has 5 nitrogen and oxygen atoms in total. The third kappa shape index (κ3) is 2.98. The van der Waals surface area contributed by atoms with Gasteiger partial charge in [0.1, 0.15) is 23.3 Å². The average Bonchev–Trinajstić information content (AvgIpc) is 3.47. The number of hydrogen-bond donors (Lipinski definition) is 0. The molecule has 6 rings (SSSR count). The molecule has 4 aliphatic rings. The van der Waals surface area contributed by atoms with E-state index < -0.39 is 11.1 Å². The topological polar surface area (TPSA) is 51.7 Å². The Hall–Kier alpha value is -3.07. The number of amides is 1. The van der Waals surface area contributed by atoms with E-state index in [9.17, 15) is 9.18 Å². The Balaban J connectivity index is 1.31. The minimum atomic E-state index is -1.14. The lowest BCUT2D eigenvalue weighted by atomic mass is 9.82. The van der Waals surface area contributed by atoms with Crippen LogP contribution in [-0.4, -0.2) is 41.2 Å². The van der Waals surface area contributed by atoms with Gasteiger partial charge in [0.25, 0.3) is 0 Å². The fourth-order valence-electron chi connectivity index (χ4n) is 6.06. The molecular formula is C26H25FN2O3. The van der Waals surface area contributed by atoms with Gasteiger partial charge in [0.15, 0.2) is 0 Å². The van der Waals surface area contributed by atoms with Gasteiger partial charge in [0.05, 0.1) is 30.7 Å². The van der Waals surface area contributed by atoms with E-state index in [1.807, 2.05) is 29.2 Å². The summed E-state index contributed by atoms with van der Waals surface area (Å²) < 4.78 is 26.3. The second-order valence-electron chi connectivity index (χ2n) is 9.64. The Labute approximate surface area is 186 Å². The normalized spacial score (nSPS) is 31.5. The van der Waals surface area contributed by atoms with Crippen molar-refractivity contribution < 1.29 is 18.7 Å². The maximum Gasteiger partial charge on any atom is 0.229 e. The Bertz CT molecular complexity index is 1160. The number of benzene rings is 1. The monoisotopic (exact) mass is 432 g/mol. The molecule has 1 amide bonds. The van der Waals surface area contributed by atoms with Crippen LogP contribution in [0.3, 0.4) is 0 Å². The summed E-state index contributed by atoms with van der Waals surface area (Å²) >= 11 is 0. The van der Waals surface area contributed by atoms with Crippen LogP contribution in [0.2, 0.25) is 0 Å². The van der Waals surface area contributed by atoms with Crippen LogP contribution in [0.4, 0.5) is 4.39 Å². The van der Waals surface area contributed by atoms with Gasteiger partial charge in [0, 0.05) is 29.9 Å². The Morgan fingerprint density at radius 1 is 1.25 bits per heavy atom. The van der Waals surface area contributed by atoms with Crippen LogP contribution in [0.5, 0.6) is 11.5 Å². The highest BCUT2D eigenvalue weighted by atomic mass is 19.1. The number of carbonyl (C=O) groups is 1. The largest absolute Gasteiger partial charge is 0.497 e. The minimum absolute atomic E-state index is 0.0643. The number of alkyl halides is 1. The number of fused-ring (bicyclic) bond motifs is 6. The van der Waals surface area contributed by atoms with E-state index in [1.165, 1.54) is 0 Å². The van der Waals surface area contributed by atoms with Crippen molar-refractivity contribution in [1.82, 2.24) is 9.88 Å². The molecule has 4 bridgehead atoms. The van der Waals surface area contributed by atoms with Crippen LogP contribution in [-0.2, 0) is 4.79 Å². The molecule has 3 heterocycles. The van der Waals surface area contributed by atoms with Crippen molar-refractivity contribution in [2.24, 2.45) is 5.41 Å². The number of likely N-dealkylation sites (tertiary alicyclic amines) is 1. The highest BCUT2D eigenvalue weighted by Gasteiger charge is 2.61. The van der Waals surface area contributed by atoms with E-state index in [1.54, 1.807) is 19.5 Å². The SMILES string of the molecule is COc1cccc(C#Cc2cncc3c2O[C@H]2C[C@@H]3N(C(=O)C34CCC(F)(CC3)C4)C2)c1. The van der Waals surface area contributed by atoms with Crippen molar-refractivity contribution in [3.8, 4) is 23.3 Å². The van der Waals surface area contributed by atoms with Gasteiger partial charge in [-0.1, -0.05) is 17.9 Å². The molecule has 2 saturated carbocycles. The van der Waals surface area contributed by atoms with Crippen LogP contribution < -0.4 is 9.47 Å². The Kier molecular flexibility index (Phi) is 4.27. The van der Waals surface area contributed by atoms with E-state index >= 15 is 0 Å². The predicted octanol–water partition coefficient (Wildman–Crippen LogP) is 4.20. The lowest BCUT2D eigenvalue weighted by Gasteiger charge is -2.33. The number of carbonyl (C=O) groups excluding carboxylic acids is 1. The van der Waals surface area contributed by atoms with E-state index in [0.717, 1.165) is 34.6 Å². The summed E-state index contributed by atoms with van der Waals surface area (Å²) in [4.78, 5) is 20.0. The average molecular weight is 432 g/mol. The molecule has 0 radical (unpaired) electrons. The van der Waals surface area contributed by atoms with Gasteiger partial charge in [0.2, 0.25) is 5.91 Å². The first-order valence-electron chi connectivity index (χ1n) is 11.3. The van der Waals surface area contributed by atoms with Crippen LogP contribution >= 0.6 is 0 Å². The molecule has 2 aromatic rings. The number of pyridine rings is 1. The van der Waals surface area contributed by atoms with Crippen LogP contribution in [0.1, 0.15) is 61.3 Å². The van der Waals surface area contributed by atoms with Gasteiger partial charge in [-0.2, -0.15) is 0 Å². The maximum atomic E-state index is 14.8. The van der Waals surface area contributed by atoms with Crippen molar-refractivity contribution >= 4 is 5.91 Å². The molecule has 6 heteroatoms. The van der Waals surface area contributed by atoms with Gasteiger partial charge in [-0.25, -0.2) is 4.39 Å². The predicted molar refractivity (Wildman–Crippen MR) is 116 cm³/mol. The summed E-state index contributed by atoms with van der Waals surface area (Å²) in [5.41, 5.74) is 0.807. The molecule has 1 aromatic heterocycles. The lowest BCUT2D eigenvalue weighted by molar-refractivity contribution is -0.142. The summed E-state index contributed by atoms with van der Waals surface area (Å²) in [5.74, 6) is 7.94. The second-order valence-corrected chi connectivity index (χ2v) is 9.64. The first-order chi connectivity index (χ1) is 15.5. The number of methoxy groups -OCH3 is 1. The van der Waals surface area contributed by atoms with E-state index in [-0.39, 0.29) is 18.1 Å². The molecule has 2 aliphatic heterocycles. The Morgan fingerprint density at radius 3 is 2.84 bits per heavy atom. The molecule has 32 heavy (non-hydrogen) atoms. The van der Waals surface area contributed by atoms with Gasteiger partial charge in [-0.3, -0.25) is 9.78 Å². The zero-order chi connectivity index (χ0) is 21.9. The second kappa shape index (κ2) is 6.96. The molecule has 1 saturated heterocycles. The van der Waals surface area contributed by atoms with Crippen molar-refractivity contribution in [2.45, 2.75) is 56.3 Å². The van der Waals surface area contributed by atoms with Gasteiger partial charge >= 0.3 is 0 Å². The molecule has 0 unspecified atom stereocenters. The molecular weight excluding hydrogens is 407 g/mol.